The molecule has 3 heteroatoms. The van der Waals surface area contributed by atoms with E-state index in [1.807, 2.05) is 0 Å². The van der Waals surface area contributed by atoms with Gasteiger partial charge in [0.1, 0.15) is 0 Å². The quantitative estimate of drug-likeness (QED) is 0.404. The van der Waals surface area contributed by atoms with Gasteiger partial charge in [0.25, 0.3) is 0 Å². The Balaban J connectivity index is 0.000000130. The van der Waals surface area contributed by atoms with Crippen molar-refractivity contribution >= 4 is 18.6 Å². The summed E-state index contributed by atoms with van der Waals surface area (Å²) in [6.45, 7) is 0. The average molecular weight is 357 g/mol. The largest absolute Gasteiger partial charge is 0.210 e. The smallest absolute Gasteiger partial charge is 0.0512 e. The Labute approximate surface area is 145 Å². The van der Waals surface area contributed by atoms with E-state index in [4.69, 9.17) is 18.6 Å². The Bertz CT molecular complexity index is 426. The number of hydrogen-bond donors (Lipinski definition) is 0. The van der Waals surface area contributed by atoms with Crippen molar-refractivity contribution < 1.29 is 17.0 Å². The fourth-order valence-corrected chi connectivity index (χ4v) is 3.23. The molecule has 0 saturated carbocycles. The molecule has 0 amide bonds. The second-order valence-corrected chi connectivity index (χ2v) is 8.22. The summed E-state index contributed by atoms with van der Waals surface area (Å²) in [4.78, 5) is 0. The molecule has 0 aliphatic heterocycles. The summed E-state index contributed by atoms with van der Waals surface area (Å²) in [5.41, 5.74) is 6.39. The Morgan fingerprint density at radius 2 is 1.10 bits per heavy atom. The van der Waals surface area contributed by atoms with Crippen molar-refractivity contribution in [1.82, 2.24) is 0 Å². The first-order valence-electron chi connectivity index (χ1n) is 7.78. The van der Waals surface area contributed by atoms with Crippen LogP contribution in [0.2, 0.25) is 0 Å². The van der Waals surface area contributed by atoms with Crippen molar-refractivity contribution in [3.63, 3.8) is 0 Å². The molecule has 2 aliphatic carbocycles. The molecule has 2 aliphatic rings. The van der Waals surface area contributed by atoms with E-state index in [1.165, 1.54) is 51.4 Å². The normalized spacial score (nSPS) is 15.5. The summed E-state index contributed by atoms with van der Waals surface area (Å²) >= 11 is -0.556. The van der Waals surface area contributed by atoms with Gasteiger partial charge in [-0.1, -0.05) is 51.4 Å². The molecule has 0 saturated heterocycles. The predicted octanol–water partition coefficient (Wildman–Crippen LogP) is 5.95. The van der Waals surface area contributed by atoms with Gasteiger partial charge in [-0.05, 0) is 0 Å². The first-order chi connectivity index (χ1) is 10.3. The molecule has 0 radical (unpaired) electrons. The second-order valence-electron chi connectivity index (χ2n) is 5.64. The third-order valence-corrected chi connectivity index (χ3v) is 4.30. The standard InChI is InChI=1S/2C9H11.2ClH.Ti/c2*1-2-5-9-7-3-6-8(9)4-1;;;/h2*3,6-7H,1-2,4-5H2;2*1H;/q2*-1;;;+2/p-2. The van der Waals surface area contributed by atoms with E-state index in [1.54, 1.807) is 22.3 Å². The molecule has 0 atom stereocenters. The van der Waals surface area contributed by atoms with Gasteiger partial charge in [-0.15, -0.1) is 0 Å². The fraction of sp³-hybridized carbons (Fsp3) is 0.444. The Morgan fingerprint density at radius 1 is 0.714 bits per heavy atom. The van der Waals surface area contributed by atoms with Crippen LogP contribution in [0, 0.1) is 0 Å². The van der Waals surface area contributed by atoms with Gasteiger partial charge in [0.15, 0.2) is 0 Å². The van der Waals surface area contributed by atoms with E-state index >= 15 is 0 Å². The van der Waals surface area contributed by atoms with Crippen LogP contribution in [0.3, 0.4) is 0 Å². The van der Waals surface area contributed by atoms with Crippen LogP contribution < -0.4 is 0 Å². The minimum absolute atomic E-state index is 0.556. The van der Waals surface area contributed by atoms with Crippen LogP contribution in [0.5, 0.6) is 0 Å². The van der Waals surface area contributed by atoms with Crippen molar-refractivity contribution in [3.05, 3.63) is 58.7 Å². The molecule has 21 heavy (non-hydrogen) atoms. The SMILES string of the molecule is [Cl][Ti][Cl].c1cc2c([cH-]1)CCCC2.c1cc2c([cH-]1)CCCC2. The van der Waals surface area contributed by atoms with Crippen LogP contribution >= 0.6 is 18.6 Å². The van der Waals surface area contributed by atoms with Crippen LogP contribution in [-0.4, -0.2) is 0 Å². The third-order valence-electron chi connectivity index (χ3n) is 4.30. The number of hydrogen-bond acceptors (Lipinski definition) is 0. The third kappa shape index (κ3) is 5.60. The molecule has 0 heterocycles. The van der Waals surface area contributed by atoms with Gasteiger partial charge in [-0.25, -0.2) is 12.1 Å². The summed E-state index contributed by atoms with van der Waals surface area (Å²) in [7, 11) is 9.78. The van der Waals surface area contributed by atoms with Crippen molar-refractivity contribution in [1.29, 1.82) is 0 Å². The zero-order valence-corrected chi connectivity index (χ0v) is 15.5. The predicted molar refractivity (Wildman–Crippen MR) is 89.1 cm³/mol. The Morgan fingerprint density at radius 3 is 1.48 bits per heavy atom. The topological polar surface area (TPSA) is 0 Å². The maximum atomic E-state index is 4.89. The molecule has 0 spiro atoms. The van der Waals surface area contributed by atoms with Gasteiger partial charge in [-0.2, -0.15) is 46.5 Å². The van der Waals surface area contributed by atoms with E-state index in [-0.39, 0.29) is 0 Å². The van der Waals surface area contributed by atoms with Gasteiger partial charge in [-0.3, -0.25) is 0 Å². The molecule has 0 bridgehead atoms. The van der Waals surface area contributed by atoms with E-state index < -0.39 is 17.0 Å². The fourth-order valence-electron chi connectivity index (χ4n) is 3.23. The van der Waals surface area contributed by atoms with Gasteiger partial charge >= 0.3 is 35.6 Å². The Hall–Kier alpha value is -0.00571. The summed E-state index contributed by atoms with van der Waals surface area (Å²) in [6.07, 6.45) is 10.9. The summed E-state index contributed by atoms with van der Waals surface area (Å²) in [6, 6.07) is 13.4. The monoisotopic (exact) mass is 356 g/mol. The molecule has 0 N–H and O–H groups in total. The molecule has 0 unspecified atom stereocenters. The van der Waals surface area contributed by atoms with Crippen molar-refractivity contribution in [2.75, 3.05) is 0 Å². The van der Waals surface area contributed by atoms with Gasteiger partial charge in [0, 0.05) is 0 Å². The first kappa shape index (κ1) is 17.3. The van der Waals surface area contributed by atoms with Gasteiger partial charge in [0.05, 0.1) is 0 Å². The molecule has 2 aromatic carbocycles. The molecule has 0 aromatic heterocycles. The van der Waals surface area contributed by atoms with Gasteiger partial charge in [0.2, 0.25) is 0 Å². The second kappa shape index (κ2) is 9.90. The van der Waals surface area contributed by atoms with Crippen molar-refractivity contribution in [2.45, 2.75) is 51.4 Å². The number of rotatable bonds is 0. The van der Waals surface area contributed by atoms with Crippen LogP contribution in [0.4, 0.5) is 0 Å². The average Bonchev–Trinajstić information content (AvgIpc) is 3.17. The number of aryl methyl sites for hydroxylation is 4. The molecule has 0 nitrogen and oxygen atoms in total. The summed E-state index contributed by atoms with van der Waals surface area (Å²) < 4.78 is 0. The molecular weight excluding hydrogens is 335 g/mol. The number of fused-ring (bicyclic) bond motifs is 2. The summed E-state index contributed by atoms with van der Waals surface area (Å²) in [5, 5.41) is 0. The van der Waals surface area contributed by atoms with Crippen molar-refractivity contribution in [2.24, 2.45) is 0 Å². The van der Waals surface area contributed by atoms with Crippen molar-refractivity contribution in [3.8, 4) is 0 Å². The van der Waals surface area contributed by atoms with E-state index in [9.17, 15) is 0 Å². The van der Waals surface area contributed by atoms with Crippen LogP contribution in [0.25, 0.3) is 0 Å². The molecule has 4 rings (SSSR count). The molecule has 2 aromatic rings. The number of halogens is 2. The van der Waals surface area contributed by atoms with Gasteiger partial charge < -0.3 is 0 Å². The maximum Gasteiger partial charge on any atom is -0.0512 e. The maximum absolute atomic E-state index is 4.89. The minimum Gasteiger partial charge on any atom is -0.210 e. The molecule has 0 fully saturated rings. The molecular formula is C18H22Cl2Ti-2. The Kier molecular flexibility index (Phi) is 8.18. The summed E-state index contributed by atoms with van der Waals surface area (Å²) in [5.74, 6) is 0. The molecule has 114 valence electrons. The first-order valence-corrected chi connectivity index (χ1v) is 12.1. The zero-order valence-electron chi connectivity index (χ0n) is 12.4. The minimum atomic E-state index is -0.556. The van der Waals surface area contributed by atoms with E-state index in [0.717, 1.165) is 0 Å². The van der Waals surface area contributed by atoms with Crippen LogP contribution in [-0.2, 0) is 42.7 Å². The van der Waals surface area contributed by atoms with E-state index in [2.05, 4.69) is 36.4 Å². The van der Waals surface area contributed by atoms with Crippen LogP contribution in [0.15, 0.2) is 36.4 Å². The zero-order chi connectivity index (χ0) is 14.9. The van der Waals surface area contributed by atoms with Crippen LogP contribution in [0.1, 0.15) is 47.9 Å². The van der Waals surface area contributed by atoms with E-state index in [0.29, 0.717) is 0 Å².